The third kappa shape index (κ3) is 3.82. The summed E-state index contributed by atoms with van der Waals surface area (Å²) in [5, 5.41) is 7.84. The zero-order valence-corrected chi connectivity index (χ0v) is 14.5. The number of pyridine rings is 1. The van der Waals surface area contributed by atoms with E-state index in [0.29, 0.717) is 12.4 Å². The first-order chi connectivity index (χ1) is 11.4. The summed E-state index contributed by atoms with van der Waals surface area (Å²) in [6, 6.07) is 7.75. The van der Waals surface area contributed by atoms with Crippen molar-refractivity contribution in [1.29, 1.82) is 0 Å². The predicted octanol–water partition coefficient (Wildman–Crippen LogP) is 3.79. The highest BCUT2D eigenvalue weighted by atomic mass is 16.4. The van der Waals surface area contributed by atoms with Crippen molar-refractivity contribution in [2.24, 2.45) is 0 Å². The molecule has 24 heavy (non-hydrogen) atoms. The van der Waals surface area contributed by atoms with Crippen LogP contribution in [-0.4, -0.2) is 19.7 Å². The smallest absolute Gasteiger partial charge is 0.216 e. The van der Waals surface area contributed by atoms with Gasteiger partial charge in [-0.3, -0.25) is 9.67 Å². The molecular formula is C18H23N5O. The summed E-state index contributed by atoms with van der Waals surface area (Å²) < 4.78 is 7.72. The fourth-order valence-corrected chi connectivity index (χ4v) is 2.30. The molecule has 3 aromatic heterocycles. The minimum absolute atomic E-state index is 0.0464. The summed E-state index contributed by atoms with van der Waals surface area (Å²) in [7, 11) is 0. The van der Waals surface area contributed by atoms with Crippen LogP contribution in [0.4, 0.5) is 5.82 Å². The van der Waals surface area contributed by atoms with Crippen LogP contribution in [0, 0.1) is 0 Å². The normalized spacial score (nSPS) is 13.0. The number of nitrogens with zero attached hydrogens (tertiary/aromatic N) is 4. The highest BCUT2D eigenvalue weighted by molar-refractivity contribution is 5.34. The molecule has 0 saturated heterocycles. The minimum atomic E-state index is -0.0562. The maximum atomic E-state index is 5.87. The molecule has 0 aliphatic rings. The molecule has 3 aromatic rings. The lowest BCUT2D eigenvalue weighted by atomic mass is 9.94. The number of rotatable bonds is 5. The molecule has 0 radical (unpaired) electrons. The molecule has 0 aliphatic carbocycles. The minimum Gasteiger partial charge on any atom is -0.443 e. The van der Waals surface area contributed by atoms with Crippen LogP contribution in [0.5, 0.6) is 0 Å². The molecule has 0 unspecified atom stereocenters. The number of hydrogen-bond donors (Lipinski definition) is 1. The average molecular weight is 325 g/mol. The number of hydrogen-bond acceptors (Lipinski definition) is 5. The molecule has 0 bridgehead atoms. The maximum absolute atomic E-state index is 5.87. The van der Waals surface area contributed by atoms with Gasteiger partial charge in [0.1, 0.15) is 17.6 Å². The van der Waals surface area contributed by atoms with Crippen molar-refractivity contribution >= 4 is 5.82 Å². The third-order valence-corrected chi connectivity index (χ3v) is 3.69. The van der Waals surface area contributed by atoms with Crippen molar-refractivity contribution < 1.29 is 4.42 Å². The van der Waals surface area contributed by atoms with Crippen molar-refractivity contribution in [3.63, 3.8) is 0 Å². The van der Waals surface area contributed by atoms with Crippen LogP contribution in [-0.2, 0) is 12.0 Å². The highest BCUT2D eigenvalue weighted by Gasteiger charge is 2.21. The van der Waals surface area contributed by atoms with Gasteiger partial charge >= 0.3 is 0 Å². The Morgan fingerprint density at radius 1 is 1.21 bits per heavy atom. The molecule has 1 N–H and O–H groups in total. The highest BCUT2D eigenvalue weighted by Crippen LogP contribution is 2.26. The van der Waals surface area contributed by atoms with Gasteiger partial charge in [0.25, 0.3) is 0 Å². The van der Waals surface area contributed by atoms with E-state index in [1.54, 1.807) is 12.4 Å². The van der Waals surface area contributed by atoms with Gasteiger partial charge in [0, 0.05) is 23.9 Å². The van der Waals surface area contributed by atoms with Crippen LogP contribution in [0.25, 0.3) is 0 Å². The van der Waals surface area contributed by atoms with Crippen LogP contribution >= 0.6 is 0 Å². The van der Waals surface area contributed by atoms with E-state index in [0.717, 1.165) is 17.3 Å². The van der Waals surface area contributed by atoms with E-state index < -0.39 is 0 Å². The van der Waals surface area contributed by atoms with Gasteiger partial charge in [-0.25, -0.2) is 4.98 Å². The second-order valence-electron chi connectivity index (χ2n) is 6.90. The first-order valence-corrected chi connectivity index (χ1v) is 8.08. The second-order valence-corrected chi connectivity index (χ2v) is 6.90. The largest absolute Gasteiger partial charge is 0.443 e. The molecule has 0 saturated carbocycles. The Morgan fingerprint density at radius 3 is 2.71 bits per heavy atom. The molecule has 6 nitrogen and oxygen atoms in total. The van der Waals surface area contributed by atoms with Crippen molar-refractivity contribution in [2.45, 2.75) is 45.7 Å². The van der Waals surface area contributed by atoms with Crippen LogP contribution in [0.1, 0.15) is 51.1 Å². The summed E-state index contributed by atoms with van der Waals surface area (Å²) >= 11 is 0. The summed E-state index contributed by atoms with van der Waals surface area (Å²) in [4.78, 5) is 8.69. The molecule has 0 fully saturated rings. The zero-order chi connectivity index (χ0) is 17.2. The summed E-state index contributed by atoms with van der Waals surface area (Å²) in [6.07, 6.45) is 5.52. The second kappa shape index (κ2) is 6.47. The van der Waals surface area contributed by atoms with E-state index in [2.05, 4.69) is 41.2 Å². The van der Waals surface area contributed by atoms with Gasteiger partial charge in [-0.2, -0.15) is 5.10 Å². The monoisotopic (exact) mass is 325 g/mol. The van der Waals surface area contributed by atoms with Crippen LogP contribution in [0.3, 0.4) is 0 Å². The Hall–Kier alpha value is -2.63. The summed E-state index contributed by atoms with van der Waals surface area (Å²) in [6.45, 7) is 8.97. The summed E-state index contributed by atoms with van der Waals surface area (Å²) in [5.41, 5.74) is 0.928. The van der Waals surface area contributed by atoms with Gasteiger partial charge in [0.15, 0.2) is 0 Å². The Bertz CT molecular complexity index is 785. The quantitative estimate of drug-likeness (QED) is 0.773. The van der Waals surface area contributed by atoms with E-state index in [-0.39, 0.29) is 11.5 Å². The van der Waals surface area contributed by atoms with Gasteiger partial charge < -0.3 is 9.73 Å². The standard InChI is InChI=1S/C18H23N5O/c1-13(17-20-11-15(24-17)18(2,3)4)21-16-8-10-23(22-16)12-14-7-5-6-9-19-14/h5-11,13H,12H2,1-4H3,(H,21,22)/t13-/m1/s1. The zero-order valence-electron chi connectivity index (χ0n) is 14.5. The van der Waals surface area contributed by atoms with Crippen molar-refractivity contribution in [1.82, 2.24) is 19.7 Å². The van der Waals surface area contributed by atoms with E-state index in [9.17, 15) is 0 Å². The maximum Gasteiger partial charge on any atom is 0.216 e. The van der Waals surface area contributed by atoms with E-state index in [1.165, 1.54) is 0 Å². The van der Waals surface area contributed by atoms with Crippen LogP contribution < -0.4 is 5.32 Å². The molecule has 0 aliphatic heterocycles. The first-order valence-electron chi connectivity index (χ1n) is 8.08. The molecule has 1 atom stereocenters. The van der Waals surface area contributed by atoms with Crippen molar-refractivity contribution in [3.8, 4) is 0 Å². The Kier molecular flexibility index (Phi) is 4.38. The molecular weight excluding hydrogens is 302 g/mol. The Morgan fingerprint density at radius 2 is 2.04 bits per heavy atom. The Balaban J connectivity index is 1.65. The SMILES string of the molecule is C[C@@H](Nc1ccn(Cc2ccccn2)n1)c1ncc(C(C)(C)C)o1. The topological polar surface area (TPSA) is 68.8 Å². The van der Waals surface area contributed by atoms with Crippen molar-refractivity contribution in [2.75, 3.05) is 5.32 Å². The Labute approximate surface area is 141 Å². The molecule has 0 spiro atoms. The van der Waals surface area contributed by atoms with Gasteiger partial charge in [0.05, 0.1) is 18.4 Å². The van der Waals surface area contributed by atoms with E-state index >= 15 is 0 Å². The van der Waals surface area contributed by atoms with E-state index in [1.807, 2.05) is 42.1 Å². The lowest BCUT2D eigenvalue weighted by Gasteiger charge is -2.14. The molecule has 0 amide bonds. The van der Waals surface area contributed by atoms with Gasteiger partial charge in [-0.1, -0.05) is 26.8 Å². The molecule has 3 heterocycles. The van der Waals surface area contributed by atoms with Gasteiger partial charge in [-0.05, 0) is 19.1 Å². The summed E-state index contributed by atoms with van der Waals surface area (Å²) in [5.74, 6) is 2.33. The number of anilines is 1. The predicted molar refractivity (Wildman–Crippen MR) is 92.8 cm³/mol. The third-order valence-electron chi connectivity index (χ3n) is 3.69. The van der Waals surface area contributed by atoms with Gasteiger partial charge in [-0.15, -0.1) is 0 Å². The molecule has 3 rings (SSSR count). The van der Waals surface area contributed by atoms with Gasteiger partial charge in [0.2, 0.25) is 5.89 Å². The number of aromatic nitrogens is 4. The number of oxazole rings is 1. The van der Waals surface area contributed by atoms with Crippen LogP contribution in [0.2, 0.25) is 0 Å². The lowest BCUT2D eigenvalue weighted by Crippen LogP contribution is -2.10. The fourth-order valence-electron chi connectivity index (χ4n) is 2.30. The molecule has 6 heteroatoms. The fraction of sp³-hybridized carbons (Fsp3) is 0.389. The first kappa shape index (κ1) is 16.2. The molecule has 126 valence electrons. The number of nitrogens with one attached hydrogen (secondary N) is 1. The lowest BCUT2D eigenvalue weighted by molar-refractivity contribution is 0.374. The van der Waals surface area contributed by atoms with Crippen molar-refractivity contribution in [3.05, 3.63) is 60.2 Å². The van der Waals surface area contributed by atoms with E-state index in [4.69, 9.17) is 4.42 Å². The van der Waals surface area contributed by atoms with Crippen LogP contribution in [0.15, 0.2) is 47.3 Å². The average Bonchev–Trinajstić information content (AvgIpc) is 3.17. The molecule has 0 aromatic carbocycles.